The van der Waals surface area contributed by atoms with Gasteiger partial charge in [0.1, 0.15) is 5.75 Å². The van der Waals surface area contributed by atoms with E-state index in [1.165, 1.54) is 0 Å². The van der Waals surface area contributed by atoms with Crippen molar-refractivity contribution in [2.75, 3.05) is 23.4 Å². The average Bonchev–Trinajstić information content (AvgIpc) is 2.59. The molecule has 1 fully saturated rings. The third-order valence-corrected chi connectivity index (χ3v) is 4.90. The predicted molar refractivity (Wildman–Crippen MR) is 66.8 cm³/mol. The molecule has 0 saturated carbocycles. The molecule has 0 radical (unpaired) electrons. The molecule has 17 heavy (non-hydrogen) atoms. The Morgan fingerprint density at radius 3 is 2.65 bits per heavy atom. The molecule has 1 unspecified atom stereocenters. The van der Waals surface area contributed by atoms with Gasteiger partial charge in [0, 0.05) is 6.54 Å². The first kappa shape index (κ1) is 12.2. The summed E-state index contributed by atoms with van der Waals surface area (Å²) >= 11 is 0. The molecule has 94 valence electrons. The molecule has 0 aromatic heterocycles. The molecule has 1 aromatic rings. The van der Waals surface area contributed by atoms with Crippen molar-refractivity contribution in [3.05, 3.63) is 24.3 Å². The number of phenols is 1. The summed E-state index contributed by atoms with van der Waals surface area (Å²) in [4.78, 5) is 0. The molecule has 6 heteroatoms. The van der Waals surface area contributed by atoms with Gasteiger partial charge >= 0.3 is 0 Å². The summed E-state index contributed by atoms with van der Waals surface area (Å²) in [5.41, 5.74) is 5.55. The highest BCUT2D eigenvalue weighted by Gasteiger charge is 2.41. The van der Waals surface area contributed by atoms with Gasteiger partial charge in [0.15, 0.2) is 9.84 Å². The summed E-state index contributed by atoms with van der Waals surface area (Å²) in [5.74, 6) is 0.264. The minimum Gasteiger partial charge on any atom is -0.506 e. The van der Waals surface area contributed by atoms with Crippen molar-refractivity contribution in [3.8, 4) is 5.75 Å². The number of phenolic OH excluding ortho intramolecular Hbond substituents is 1. The zero-order valence-electron chi connectivity index (χ0n) is 9.39. The number of aromatic hydroxyl groups is 1. The summed E-state index contributed by atoms with van der Waals surface area (Å²) in [6.45, 7) is 0.223. The van der Waals surface area contributed by atoms with Crippen LogP contribution in [0.15, 0.2) is 24.3 Å². The van der Waals surface area contributed by atoms with E-state index >= 15 is 0 Å². The number of benzene rings is 1. The Morgan fingerprint density at radius 2 is 2.12 bits per heavy atom. The van der Waals surface area contributed by atoms with E-state index in [1.54, 1.807) is 24.3 Å². The smallest absolute Gasteiger partial charge is 0.152 e. The molecule has 1 aliphatic heterocycles. The summed E-state index contributed by atoms with van der Waals surface area (Å²) in [5, 5.41) is 12.7. The Bertz CT molecular complexity index is 515. The summed E-state index contributed by atoms with van der Waals surface area (Å²) < 4.78 is 23.0. The fourth-order valence-electron chi connectivity index (χ4n) is 2.09. The van der Waals surface area contributed by atoms with Crippen LogP contribution in [0.4, 0.5) is 5.69 Å². The van der Waals surface area contributed by atoms with Crippen LogP contribution in [0.3, 0.4) is 0 Å². The zero-order valence-corrected chi connectivity index (χ0v) is 10.2. The van der Waals surface area contributed by atoms with Crippen LogP contribution in [0.5, 0.6) is 5.75 Å². The van der Waals surface area contributed by atoms with E-state index in [9.17, 15) is 13.5 Å². The Hall–Kier alpha value is -1.27. The summed E-state index contributed by atoms with van der Waals surface area (Å²) in [6, 6.07) is 6.74. The van der Waals surface area contributed by atoms with Crippen LogP contribution in [0.1, 0.15) is 6.42 Å². The summed E-state index contributed by atoms with van der Waals surface area (Å²) in [6.07, 6.45) is 0.472. The lowest BCUT2D eigenvalue weighted by Gasteiger charge is -2.28. The topological polar surface area (TPSA) is 92.4 Å². The molecule has 0 bridgehead atoms. The van der Waals surface area contributed by atoms with Crippen molar-refractivity contribution in [1.29, 1.82) is 0 Å². The maximum atomic E-state index is 11.5. The highest BCUT2D eigenvalue weighted by molar-refractivity contribution is 7.91. The Labute approximate surface area is 101 Å². The lowest BCUT2D eigenvalue weighted by atomic mass is 9.98. The van der Waals surface area contributed by atoms with Crippen molar-refractivity contribution < 1.29 is 13.5 Å². The first-order valence-electron chi connectivity index (χ1n) is 5.43. The van der Waals surface area contributed by atoms with E-state index in [1.807, 2.05) is 0 Å². The van der Waals surface area contributed by atoms with Gasteiger partial charge in [0.05, 0.1) is 22.7 Å². The standard InChI is InChI=1S/C11H16N2O3S/c12-7-11(5-6-17(15,16)8-11)13-9-3-1-2-4-10(9)14/h1-4,13-14H,5-8,12H2. The normalized spacial score (nSPS) is 26.9. The number of para-hydroxylation sites is 2. The second kappa shape index (κ2) is 4.19. The van der Waals surface area contributed by atoms with Gasteiger partial charge in [-0.05, 0) is 18.6 Å². The maximum Gasteiger partial charge on any atom is 0.152 e. The molecule has 1 aliphatic rings. The van der Waals surface area contributed by atoms with Crippen LogP contribution in [0.25, 0.3) is 0 Å². The molecule has 1 saturated heterocycles. The molecule has 1 heterocycles. The Kier molecular flexibility index (Phi) is 3.01. The molecule has 0 aliphatic carbocycles. The fourth-order valence-corrected chi connectivity index (χ4v) is 4.11. The monoisotopic (exact) mass is 256 g/mol. The average molecular weight is 256 g/mol. The van der Waals surface area contributed by atoms with Gasteiger partial charge in [-0.25, -0.2) is 8.42 Å². The van der Waals surface area contributed by atoms with Crippen LogP contribution >= 0.6 is 0 Å². The second-order valence-electron chi connectivity index (χ2n) is 4.47. The van der Waals surface area contributed by atoms with Crippen molar-refractivity contribution in [1.82, 2.24) is 0 Å². The minimum absolute atomic E-state index is 0.0187. The van der Waals surface area contributed by atoms with Gasteiger partial charge in [-0.15, -0.1) is 0 Å². The van der Waals surface area contributed by atoms with Crippen LogP contribution in [-0.4, -0.2) is 37.1 Å². The van der Waals surface area contributed by atoms with Gasteiger partial charge in [-0.2, -0.15) is 0 Å². The Morgan fingerprint density at radius 1 is 1.41 bits per heavy atom. The van der Waals surface area contributed by atoms with Crippen LogP contribution < -0.4 is 11.1 Å². The van der Waals surface area contributed by atoms with Crippen LogP contribution in [0, 0.1) is 0 Å². The van der Waals surface area contributed by atoms with Crippen molar-refractivity contribution in [3.63, 3.8) is 0 Å². The largest absolute Gasteiger partial charge is 0.506 e. The number of hydrogen-bond acceptors (Lipinski definition) is 5. The van der Waals surface area contributed by atoms with E-state index < -0.39 is 15.4 Å². The third kappa shape index (κ3) is 2.53. The van der Waals surface area contributed by atoms with Gasteiger partial charge in [-0.3, -0.25) is 0 Å². The molecule has 0 amide bonds. The predicted octanol–water partition coefficient (Wildman–Crippen LogP) is 0.320. The summed E-state index contributed by atoms with van der Waals surface area (Å²) in [7, 11) is -3.02. The SMILES string of the molecule is NCC1(Nc2ccccc2O)CCS(=O)(=O)C1. The number of nitrogens with two attached hydrogens (primary N) is 1. The lowest BCUT2D eigenvalue weighted by molar-refractivity contribution is 0.470. The first-order valence-corrected chi connectivity index (χ1v) is 7.25. The quantitative estimate of drug-likeness (QED) is 0.677. The molecule has 2 rings (SSSR count). The van der Waals surface area contributed by atoms with Gasteiger partial charge in [0.25, 0.3) is 0 Å². The number of sulfone groups is 1. The van der Waals surface area contributed by atoms with Crippen molar-refractivity contribution >= 4 is 15.5 Å². The van der Waals surface area contributed by atoms with Gasteiger partial charge in [-0.1, -0.05) is 12.1 Å². The fraction of sp³-hybridized carbons (Fsp3) is 0.455. The van der Waals surface area contributed by atoms with E-state index in [-0.39, 0.29) is 23.8 Å². The molecular weight excluding hydrogens is 240 g/mol. The van der Waals surface area contributed by atoms with Crippen LogP contribution in [0.2, 0.25) is 0 Å². The van der Waals surface area contributed by atoms with Crippen LogP contribution in [-0.2, 0) is 9.84 Å². The van der Waals surface area contributed by atoms with E-state index in [0.29, 0.717) is 12.1 Å². The van der Waals surface area contributed by atoms with E-state index in [2.05, 4.69) is 5.32 Å². The number of anilines is 1. The van der Waals surface area contributed by atoms with Crippen molar-refractivity contribution in [2.24, 2.45) is 5.73 Å². The lowest BCUT2D eigenvalue weighted by Crippen LogP contribution is -2.46. The van der Waals surface area contributed by atoms with E-state index in [0.717, 1.165) is 0 Å². The molecule has 5 nitrogen and oxygen atoms in total. The van der Waals surface area contributed by atoms with Gasteiger partial charge < -0.3 is 16.2 Å². The molecule has 1 atom stereocenters. The highest BCUT2D eigenvalue weighted by atomic mass is 32.2. The number of hydrogen-bond donors (Lipinski definition) is 3. The number of nitrogens with one attached hydrogen (secondary N) is 1. The second-order valence-corrected chi connectivity index (χ2v) is 6.65. The third-order valence-electron chi connectivity index (χ3n) is 3.08. The first-order chi connectivity index (χ1) is 7.96. The van der Waals surface area contributed by atoms with Gasteiger partial charge in [0.2, 0.25) is 0 Å². The molecule has 1 aromatic carbocycles. The maximum absolute atomic E-state index is 11.5. The highest BCUT2D eigenvalue weighted by Crippen LogP contribution is 2.31. The van der Waals surface area contributed by atoms with Crippen molar-refractivity contribution in [2.45, 2.75) is 12.0 Å². The zero-order chi connectivity index (χ0) is 12.5. The molecular formula is C11H16N2O3S. The Balaban J connectivity index is 2.25. The van der Waals surface area contributed by atoms with E-state index in [4.69, 9.17) is 5.73 Å². The molecule has 4 N–H and O–H groups in total. The minimum atomic E-state index is -3.02. The molecule has 0 spiro atoms. The number of rotatable bonds is 3.